The van der Waals surface area contributed by atoms with Gasteiger partial charge in [-0.05, 0) is 23.1 Å². The Labute approximate surface area is 113 Å². The van der Waals surface area contributed by atoms with Crippen molar-refractivity contribution in [3.63, 3.8) is 0 Å². The van der Waals surface area contributed by atoms with E-state index in [9.17, 15) is 10.2 Å². The van der Waals surface area contributed by atoms with Crippen molar-refractivity contribution in [1.82, 2.24) is 0 Å². The molecule has 4 heteroatoms. The van der Waals surface area contributed by atoms with Gasteiger partial charge in [-0.25, -0.2) is 4.99 Å². The normalized spacial score (nSPS) is 18.1. The Balaban J connectivity index is 2.25. The van der Waals surface area contributed by atoms with Gasteiger partial charge in [-0.3, -0.25) is 0 Å². The van der Waals surface area contributed by atoms with E-state index in [-0.39, 0.29) is 25.2 Å². The van der Waals surface area contributed by atoms with E-state index in [0.29, 0.717) is 5.90 Å². The molecule has 1 aromatic rings. The Morgan fingerprint density at radius 3 is 2.16 bits per heavy atom. The molecular formula is C15H21NO3. The maximum absolute atomic E-state index is 9.28. The van der Waals surface area contributed by atoms with E-state index in [1.807, 2.05) is 12.1 Å². The lowest BCUT2D eigenvalue weighted by molar-refractivity contribution is 0.0977. The number of aliphatic imine (C=N–C) groups is 1. The minimum absolute atomic E-state index is 0.108. The second-order valence-corrected chi connectivity index (χ2v) is 6.07. The highest BCUT2D eigenvalue weighted by Crippen LogP contribution is 2.25. The highest BCUT2D eigenvalue weighted by Gasteiger charge is 2.36. The van der Waals surface area contributed by atoms with E-state index < -0.39 is 5.54 Å². The molecule has 0 radical (unpaired) electrons. The highest BCUT2D eigenvalue weighted by molar-refractivity contribution is 5.95. The number of aliphatic hydroxyl groups excluding tert-OH is 2. The molecule has 0 saturated carbocycles. The van der Waals surface area contributed by atoms with Gasteiger partial charge in [0.05, 0.1) is 13.2 Å². The van der Waals surface area contributed by atoms with Crippen LogP contribution in [0.25, 0.3) is 0 Å². The largest absolute Gasteiger partial charge is 0.475 e. The van der Waals surface area contributed by atoms with Gasteiger partial charge < -0.3 is 14.9 Å². The average molecular weight is 263 g/mol. The Kier molecular flexibility index (Phi) is 3.65. The molecule has 0 amide bonds. The maximum Gasteiger partial charge on any atom is 0.217 e. The van der Waals surface area contributed by atoms with Crippen LogP contribution < -0.4 is 0 Å². The lowest BCUT2D eigenvalue weighted by Crippen LogP contribution is -2.37. The molecule has 0 bridgehead atoms. The van der Waals surface area contributed by atoms with E-state index in [1.54, 1.807) is 0 Å². The summed E-state index contributed by atoms with van der Waals surface area (Å²) in [6.45, 7) is 6.27. The molecule has 104 valence electrons. The Morgan fingerprint density at radius 1 is 1.16 bits per heavy atom. The van der Waals surface area contributed by atoms with Crippen LogP contribution in [0.15, 0.2) is 29.3 Å². The molecule has 19 heavy (non-hydrogen) atoms. The van der Waals surface area contributed by atoms with Crippen molar-refractivity contribution in [2.24, 2.45) is 4.99 Å². The van der Waals surface area contributed by atoms with Crippen LogP contribution in [0.5, 0.6) is 0 Å². The summed E-state index contributed by atoms with van der Waals surface area (Å²) in [7, 11) is 0. The second-order valence-electron chi connectivity index (χ2n) is 6.07. The van der Waals surface area contributed by atoms with Crippen molar-refractivity contribution < 1.29 is 14.9 Å². The van der Waals surface area contributed by atoms with Gasteiger partial charge in [-0.1, -0.05) is 32.9 Å². The van der Waals surface area contributed by atoms with Crippen LogP contribution in [0.1, 0.15) is 31.9 Å². The predicted octanol–water partition coefficient (Wildman–Crippen LogP) is 1.48. The molecule has 0 atom stereocenters. The maximum atomic E-state index is 9.28. The zero-order valence-corrected chi connectivity index (χ0v) is 11.7. The molecule has 0 unspecified atom stereocenters. The van der Waals surface area contributed by atoms with Crippen molar-refractivity contribution in [2.75, 3.05) is 19.8 Å². The molecule has 2 N–H and O–H groups in total. The third kappa shape index (κ3) is 2.80. The van der Waals surface area contributed by atoms with E-state index in [1.165, 1.54) is 5.56 Å². The molecule has 0 saturated heterocycles. The van der Waals surface area contributed by atoms with Crippen LogP contribution in [0.3, 0.4) is 0 Å². The first kappa shape index (κ1) is 14.0. The molecule has 0 spiro atoms. The van der Waals surface area contributed by atoms with Crippen LogP contribution in [0.2, 0.25) is 0 Å². The van der Waals surface area contributed by atoms with Gasteiger partial charge in [-0.2, -0.15) is 0 Å². The standard InChI is InChI=1S/C15H21NO3/c1-14(2,3)12-6-4-11(5-7-12)13-16-15(8-17,9-18)10-19-13/h4-7,17-18H,8-10H2,1-3H3. The molecule has 0 fully saturated rings. The zero-order valence-electron chi connectivity index (χ0n) is 11.7. The van der Waals surface area contributed by atoms with Crippen LogP contribution in [0, 0.1) is 0 Å². The summed E-state index contributed by atoms with van der Waals surface area (Å²) >= 11 is 0. The van der Waals surface area contributed by atoms with E-state index in [0.717, 1.165) is 5.56 Å². The number of rotatable bonds is 3. The van der Waals surface area contributed by atoms with Gasteiger partial charge in [-0.15, -0.1) is 0 Å². The quantitative estimate of drug-likeness (QED) is 0.868. The molecule has 1 aromatic carbocycles. The molecule has 0 aromatic heterocycles. The molecule has 4 nitrogen and oxygen atoms in total. The van der Waals surface area contributed by atoms with Gasteiger partial charge in [0.1, 0.15) is 12.1 Å². The first-order valence-corrected chi connectivity index (χ1v) is 6.45. The van der Waals surface area contributed by atoms with Crippen LogP contribution in [0.4, 0.5) is 0 Å². The molecule has 1 aliphatic heterocycles. The van der Waals surface area contributed by atoms with Gasteiger partial charge in [0.15, 0.2) is 0 Å². The monoisotopic (exact) mass is 263 g/mol. The van der Waals surface area contributed by atoms with E-state index in [4.69, 9.17) is 4.74 Å². The molecule has 2 rings (SSSR count). The fourth-order valence-electron chi connectivity index (χ4n) is 1.96. The van der Waals surface area contributed by atoms with Gasteiger partial charge >= 0.3 is 0 Å². The van der Waals surface area contributed by atoms with Crippen molar-refractivity contribution in [2.45, 2.75) is 31.7 Å². The summed E-state index contributed by atoms with van der Waals surface area (Å²) < 4.78 is 5.49. The second kappa shape index (κ2) is 4.94. The fourth-order valence-corrected chi connectivity index (χ4v) is 1.96. The van der Waals surface area contributed by atoms with Crippen molar-refractivity contribution in [1.29, 1.82) is 0 Å². The van der Waals surface area contributed by atoms with Crippen LogP contribution in [-0.2, 0) is 10.2 Å². The highest BCUT2D eigenvalue weighted by atomic mass is 16.5. The number of ether oxygens (including phenoxy) is 1. The fraction of sp³-hybridized carbons (Fsp3) is 0.533. The summed E-state index contributed by atoms with van der Waals surface area (Å²) in [5, 5.41) is 18.6. The Hall–Kier alpha value is -1.39. The molecule has 0 aliphatic carbocycles. The average Bonchev–Trinajstić information content (AvgIpc) is 2.83. The van der Waals surface area contributed by atoms with Crippen LogP contribution in [-0.4, -0.2) is 41.5 Å². The van der Waals surface area contributed by atoms with Gasteiger partial charge in [0.2, 0.25) is 5.90 Å². The van der Waals surface area contributed by atoms with Crippen molar-refractivity contribution in [3.05, 3.63) is 35.4 Å². The number of hydrogen-bond donors (Lipinski definition) is 2. The van der Waals surface area contributed by atoms with E-state index >= 15 is 0 Å². The minimum Gasteiger partial charge on any atom is -0.475 e. The summed E-state index contributed by atoms with van der Waals surface area (Å²) in [5.74, 6) is 0.489. The Morgan fingerprint density at radius 2 is 1.74 bits per heavy atom. The summed E-state index contributed by atoms with van der Waals surface area (Å²) in [4.78, 5) is 4.31. The smallest absolute Gasteiger partial charge is 0.217 e. The number of nitrogens with zero attached hydrogens (tertiary/aromatic N) is 1. The summed E-state index contributed by atoms with van der Waals surface area (Å²) in [6.07, 6.45) is 0. The third-order valence-corrected chi connectivity index (χ3v) is 3.40. The van der Waals surface area contributed by atoms with Crippen molar-refractivity contribution in [3.8, 4) is 0 Å². The topological polar surface area (TPSA) is 62.1 Å². The number of benzene rings is 1. The first-order chi connectivity index (χ1) is 8.90. The molecular weight excluding hydrogens is 242 g/mol. The van der Waals surface area contributed by atoms with E-state index in [2.05, 4.69) is 37.9 Å². The van der Waals surface area contributed by atoms with Crippen molar-refractivity contribution >= 4 is 5.90 Å². The van der Waals surface area contributed by atoms with Crippen LogP contribution >= 0.6 is 0 Å². The summed E-state index contributed by atoms with van der Waals surface area (Å²) in [5.41, 5.74) is 1.33. The zero-order chi connectivity index (χ0) is 14.1. The molecule has 1 aliphatic rings. The summed E-state index contributed by atoms with van der Waals surface area (Å²) in [6, 6.07) is 8.03. The SMILES string of the molecule is CC(C)(C)c1ccc(C2=NC(CO)(CO)CO2)cc1. The number of hydrogen-bond acceptors (Lipinski definition) is 4. The minimum atomic E-state index is -0.891. The lowest BCUT2D eigenvalue weighted by Gasteiger charge is -2.19. The van der Waals surface area contributed by atoms with Gasteiger partial charge in [0.25, 0.3) is 0 Å². The Bertz CT molecular complexity index is 467. The lowest BCUT2D eigenvalue weighted by atomic mass is 9.87. The predicted molar refractivity (Wildman–Crippen MR) is 74.5 cm³/mol. The van der Waals surface area contributed by atoms with Gasteiger partial charge in [0, 0.05) is 5.56 Å². The molecule has 1 heterocycles. The third-order valence-electron chi connectivity index (χ3n) is 3.40. The first-order valence-electron chi connectivity index (χ1n) is 6.45. The number of aliphatic hydroxyl groups is 2.